The summed E-state index contributed by atoms with van der Waals surface area (Å²) in [5.41, 5.74) is 0.493. The first-order chi connectivity index (χ1) is 8.16. The third-order valence-corrected chi connectivity index (χ3v) is 2.82. The van der Waals surface area contributed by atoms with Crippen molar-refractivity contribution in [3.63, 3.8) is 0 Å². The number of aromatic nitrogens is 1. The first-order valence-corrected chi connectivity index (χ1v) is 5.12. The Balaban J connectivity index is 2.48. The molecule has 0 amide bonds. The third kappa shape index (κ3) is 1.47. The van der Waals surface area contributed by atoms with E-state index in [2.05, 4.69) is 4.98 Å². The maximum atomic E-state index is 13.1. The van der Waals surface area contributed by atoms with Crippen LogP contribution in [0.4, 0.5) is 4.39 Å². The summed E-state index contributed by atoms with van der Waals surface area (Å²) in [6.45, 7) is 0.190. The monoisotopic (exact) mass is 233 g/mol. The van der Waals surface area contributed by atoms with Crippen LogP contribution in [0.5, 0.6) is 0 Å². The molecule has 0 unspecified atom stereocenters. The maximum Gasteiger partial charge on any atom is 0.256 e. The van der Waals surface area contributed by atoms with Crippen LogP contribution in [0.25, 0.3) is 10.8 Å². The van der Waals surface area contributed by atoms with Crippen molar-refractivity contribution in [1.29, 1.82) is 0 Å². The van der Waals surface area contributed by atoms with Gasteiger partial charge in [-0.15, -0.1) is 0 Å². The largest absolute Gasteiger partial charge is 0.367 e. The van der Waals surface area contributed by atoms with E-state index in [1.807, 2.05) is 0 Å². The molecule has 4 nitrogen and oxygen atoms in total. The summed E-state index contributed by atoms with van der Waals surface area (Å²) in [4.78, 5) is 26.0. The second kappa shape index (κ2) is 3.49. The Labute approximate surface area is 95.0 Å². The summed E-state index contributed by atoms with van der Waals surface area (Å²) < 4.78 is 18.1. The van der Waals surface area contributed by atoms with Crippen LogP contribution in [0, 0.1) is 5.82 Å². The molecule has 1 aliphatic rings. The summed E-state index contributed by atoms with van der Waals surface area (Å²) in [5, 5.41) is 0.678. The minimum atomic E-state index is -0.498. The lowest BCUT2D eigenvalue weighted by atomic mass is 9.99. The maximum absolute atomic E-state index is 13.1. The number of carbonyl (C=O) groups is 1. The van der Waals surface area contributed by atoms with E-state index in [4.69, 9.17) is 4.74 Å². The van der Waals surface area contributed by atoms with Gasteiger partial charge in [-0.1, -0.05) is 6.07 Å². The zero-order chi connectivity index (χ0) is 12.0. The average Bonchev–Trinajstić information content (AvgIpc) is 2.30. The Bertz CT molecular complexity index is 690. The van der Waals surface area contributed by atoms with Gasteiger partial charge in [0.1, 0.15) is 12.4 Å². The lowest BCUT2D eigenvalue weighted by Crippen LogP contribution is -2.24. The van der Waals surface area contributed by atoms with Gasteiger partial charge in [0.15, 0.2) is 5.78 Å². The molecule has 86 valence electrons. The summed E-state index contributed by atoms with van der Waals surface area (Å²) in [6, 6.07) is 3.84. The van der Waals surface area contributed by atoms with E-state index in [-0.39, 0.29) is 24.4 Å². The third-order valence-electron chi connectivity index (χ3n) is 2.82. The predicted molar refractivity (Wildman–Crippen MR) is 58.5 cm³/mol. The molecule has 1 aromatic carbocycles. The minimum Gasteiger partial charge on any atom is -0.367 e. The quantitative estimate of drug-likeness (QED) is 0.747. The number of hydrogen-bond donors (Lipinski definition) is 1. The number of ether oxygens (including phenoxy) is 1. The number of ketones is 1. The van der Waals surface area contributed by atoms with Gasteiger partial charge in [-0.3, -0.25) is 9.59 Å². The van der Waals surface area contributed by atoms with Crippen LogP contribution in [0.2, 0.25) is 0 Å². The van der Waals surface area contributed by atoms with Crippen molar-refractivity contribution < 1.29 is 13.9 Å². The number of pyridine rings is 1. The molecule has 2 aromatic rings. The molecule has 0 bridgehead atoms. The van der Waals surface area contributed by atoms with Crippen molar-refractivity contribution in [3.05, 3.63) is 45.6 Å². The van der Waals surface area contributed by atoms with Gasteiger partial charge < -0.3 is 9.72 Å². The van der Waals surface area contributed by atoms with Gasteiger partial charge in [0.2, 0.25) is 0 Å². The molecule has 0 atom stereocenters. The molecule has 1 aromatic heterocycles. The fourth-order valence-corrected chi connectivity index (χ4v) is 2.10. The van der Waals surface area contributed by atoms with E-state index in [0.29, 0.717) is 16.6 Å². The molecule has 17 heavy (non-hydrogen) atoms. The van der Waals surface area contributed by atoms with Crippen molar-refractivity contribution >= 4 is 16.6 Å². The van der Waals surface area contributed by atoms with Gasteiger partial charge in [-0.2, -0.15) is 0 Å². The van der Waals surface area contributed by atoms with E-state index < -0.39 is 11.4 Å². The normalized spacial score (nSPS) is 15.0. The predicted octanol–water partition coefficient (Wildman–Crippen LogP) is 1.38. The SMILES string of the molecule is O=C1COCc2[nH]c(=O)c3cc(F)ccc3c21. The van der Waals surface area contributed by atoms with Crippen LogP contribution in [-0.4, -0.2) is 17.4 Å². The number of rotatable bonds is 0. The van der Waals surface area contributed by atoms with Gasteiger partial charge >= 0.3 is 0 Å². The molecule has 0 saturated carbocycles. The van der Waals surface area contributed by atoms with Gasteiger partial charge in [-0.25, -0.2) is 4.39 Å². The fourth-order valence-electron chi connectivity index (χ4n) is 2.10. The standard InChI is InChI=1S/C12H8FNO3/c13-6-1-2-7-8(3-6)12(16)14-9-4-17-5-10(15)11(7)9/h1-3H,4-5H2,(H,14,16). The first kappa shape index (κ1) is 10.2. The Morgan fingerprint density at radius 3 is 2.82 bits per heavy atom. The van der Waals surface area contributed by atoms with Gasteiger partial charge in [0, 0.05) is 10.9 Å². The zero-order valence-corrected chi connectivity index (χ0v) is 8.75. The van der Waals surface area contributed by atoms with Crippen LogP contribution in [0.3, 0.4) is 0 Å². The highest BCUT2D eigenvalue weighted by Gasteiger charge is 2.22. The Morgan fingerprint density at radius 1 is 1.18 bits per heavy atom. The summed E-state index contributed by atoms with van der Waals surface area (Å²) in [6.07, 6.45) is 0. The summed E-state index contributed by atoms with van der Waals surface area (Å²) in [7, 11) is 0. The van der Waals surface area contributed by atoms with Crippen molar-refractivity contribution in [2.45, 2.75) is 6.61 Å². The van der Waals surface area contributed by atoms with Crippen molar-refractivity contribution in [1.82, 2.24) is 4.98 Å². The van der Waals surface area contributed by atoms with Gasteiger partial charge in [-0.05, 0) is 12.1 Å². The molecule has 0 fully saturated rings. The molecule has 3 rings (SSSR count). The van der Waals surface area contributed by atoms with Crippen LogP contribution in [-0.2, 0) is 11.3 Å². The number of Topliss-reactive ketones (excluding diaryl/α,β-unsaturated/α-hetero) is 1. The van der Waals surface area contributed by atoms with E-state index in [0.717, 1.165) is 6.07 Å². The summed E-state index contributed by atoms with van der Waals surface area (Å²) >= 11 is 0. The lowest BCUT2D eigenvalue weighted by molar-refractivity contribution is 0.0657. The summed E-state index contributed by atoms with van der Waals surface area (Å²) in [5.74, 6) is -0.693. The van der Waals surface area contributed by atoms with Crippen LogP contribution in [0.15, 0.2) is 23.0 Å². The number of benzene rings is 1. The molecule has 0 saturated heterocycles. The Morgan fingerprint density at radius 2 is 2.00 bits per heavy atom. The van der Waals surface area contributed by atoms with Crippen LogP contribution < -0.4 is 5.56 Å². The molecule has 1 N–H and O–H groups in total. The number of hydrogen-bond acceptors (Lipinski definition) is 3. The molecule has 0 spiro atoms. The highest BCUT2D eigenvalue weighted by Crippen LogP contribution is 2.23. The molecule has 1 aliphatic heterocycles. The molecule has 2 heterocycles. The molecule has 0 radical (unpaired) electrons. The number of nitrogens with one attached hydrogen (secondary N) is 1. The van der Waals surface area contributed by atoms with E-state index >= 15 is 0 Å². The first-order valence-electron chi connectivity index (χ1n) is 5.12. The lowest BCUT2D eigenvalue weighted by Gasteiger charge is -2.16. The van der Waals surface area contributed by atoms with E-state index in [9.17, 15) is 14.0 Å². The van der Waals surface area contributed by atoms with Gasteiger partial charge in [0.25, 0.3) is 5.56 Å². The van der Waals surface area contributed by atoms with Crippen molar-refractivity contribution in [3.8, 4) is 0 Å². The smallest absolute Gasteiger partial charge is 0.256 e. The fraction of sp³-hybridized carbons (Fsp3) is 0.167. The average molecular weight is 233 g/mol. The highest BCUT2D eigenvalue weighted by molar-refractivity contribution is 6.09. The number of aromatic amines is 1. The number of H-pyrrole nitrogens is 1. The van der Waals surface area contributed by atoms with E-state index in [1.54, 1.807) is 0 Å². The van der Waals surface area contributed by atoms with Gasteiger partial charge in [0.05, 0.1) is 17.7 Å². The topological polar surface area (TPSA) is 59.2 Å². The number of halogens is 1. The van der Waals surface area contributed by atoms with Crippen LogP contribution in [0.1, 0.15) is 16.1 Å². The second-order valence-electron chi connectivity index (χ2n) is 3.91. The molecular weight excluding hydrogens is 225 g/mol. The highest BCUT2D eigenvalue weighted by atomic mass is 19.1. The van der Waals surface area contributed by atoms with Crippen molar-refractivity contribution in [2.75, 3.05) is 6.61 Å². The molecule has 5 heteroatoms. The molecular formula is C12H8FNO3. The second-order valence-corrected chi connectivity index (χ2v) is 3.91. The van der Waals surface area contributed by atoms with Crippen molar-refractivity contribution in [2.24, 2.45) is 0 Å². The zero-order valence-electron chi connectivity index (χ0n) is 8.75. The number of carbonyl (C=O) groups excluding carboxylic acids is 1. The minimum absolute atomic E-state index is 0.00841. The molecule has 0 aliphatic carbocycles. The number of fused-ring (bicyclic) bond motifs is 3. The van der Waals surface area contributed by atoms with E-state index in [1.165, 1.54) is 12.1 Å². The Hall–Kier alpha value is -2.01. The van der Waals surface area contributed by atoms with Crippen LogP contribution >= 0.6 is 0 Å². The Kier molecular flexibility index (Phi) is 2.09.